The van der Waals surface area contributed by atoms with Crippen LogP contribution in [0.2, 0.25) is 4.34 Å². The fourth-order valence-corrected chi connectivity index (χ4v) is 5.50. The van der Waals surface area contributed by atoms with E-state index < -0.39 is 66.6 Å². The molecule has 2 aromatic rings. The molecule has 7 nitrogen and oxygen atoms in total. The largest absolute Gasteiger partial charge is 1.00 e. The summed E-state index contributed by atoms with van der Waals surface area (Å²) in [5, 5.41) is 0. The van der Waals surface area contributed by atoms with E-state index in [1.807, 2.05) is 0 Å². The number of benzene rings is 1. The quantitative estimate of drug-likeness (QED) is 0.222. The Morgan fingerprint density at radius 2 is 1.65 bits per heavy atom. The van der Waals surface area contributed by atoms with E-state index in [1.165, 1.54) is 0 Å². The average molecular weight is 538 g/mol. The number of alkyl halides is 3. The zero-order chi connectivity index (χ0) is 22.9. The molecule has 0 bridgehead atoms. The molecule has 17 heteroatoms. The van der Waals surface area contributed by atoms with Crippen LogP contribution in [0.1, 0.15) is 11.5 Å². The Balaban J connectivity index is 0.00000480. The number of thiophene rings is 1. The second-order valence-corrected chi connectivity index (χ2v) is 10.4. The van der Waals surface area contributed by atoms with E-state index in [2.05, 4.69) is 4.18 Å². The van der Waals surface area contributed by atoms with E-state index in [9.17, 15) is 43.3 Å². The van der Waals surface area contributed by atoms with Crippen LogP contribution in [0.3, 0.4) is 0 Å². The Morgan fingerprint density at radius 3 is 2.06 bits per heavy atom. The van der Waals surface area contributed by atoms with Crippen LogP contribution in [0.5, 0.6) is 0 Å². The van der Waals surface area contributed by atoms with E-state index in [0.717, 1.165) is 12.1 Å². The molecule has 168 valence electrons. The molecule has 1 aromatic heterocycles. The third kappa shape index (κ3) is 8.49. The molecule has 2 atom stereocenters. The fraction of sp³-hybridized carbons (Fsp3) is 0.286. The van der Waals surface area contributed by atoms with Gasteiger partial charge in [0.1, 0.15) is 15.8 Å². The first-order valence-corrected chi connectivity index (χ1v) is 11.5. The third-order valence-electron chi connectivity index (χ3n) is 3.51. The standard InChI is InChI=1S/C14H11ClF5NO6S3.Na/c15-11-1-2-12(28-11)29(22,23)21-10(6-27-30(24,25)26)13(14(18,19)20)7-3-8(16)5-9(17)4-7;/h1-5,10,13,21H,6H2,(H,24,25,26);/q;+1/p-1/t10-,13-;/m1./s1. The zero-order valence-corrected chi connectivity index (χ0v) is 20.4. The maximum absolute atomic E-state index is 13.7. The van der Waals surface area contributed by atoms with Gasteiger partial charge in [0.25, 0.3) is 0 Å². The monoisotopic (exact) mass is 537 g/mol. The molecule has 0 saturated carbocycles. The van der Waals surface area contributed by atoms with Gasteiger partial charge in [-0.3, -0.25) is 4.18 Å². The van der Waals surface area contributed by atoms with Gasteiger partial charge in [0.05, 0.1) is 22.9 Å². The molecule has 0 saturated heterocycles. The molecule has 0 aliphatic carbocycles. The summed E-state index contributed by atoms with van der Waals surface area (Å²) in [6, 6.07) is 0.467. The summed E-state index contributed by atoms with van der Waals surface area (Å²) in [6.07, 6.45) is -5.34. The topological polar surface area (TPSA) is 113 Å². The number of hydrogen-bond donors (Lipinski definition) is 1. The SMILES string of the molecule is O=S(=O)([O-])OC[C@@H](NS(=O)(=O)c1ccc(Cl)s1)[C@@H](c1cc(F)cc(F)c1)C(F)(F)F.[Na+]. The van der Waals surface area contributed by atoms with Gasteiger partial charge in [0.2, 0.25) is 20.4 Å². The van der Waals surface area contributed by atoms with Gasteiger partial charge in [-0.15, -0.1) is 11.3 Å². The van der Waals surface area contributed by atoms with Crippen molar-refractivity contribution in [3.8, 4) is 0 Å². The van der Waals surface area contributed by atoms with E-state index in [4.69, 9.17) is 11.6 Å². The Kier molecular flexibility index (Phi) is 9.91. The van der Waals surface area contributed by atoms with E-state index >= 15 is 0 Å². The van der Waals surface area contributed by atoms with Crippen LogP contribution in [-0.2, 0) is 24.6 Å². The molecule has 0 aliphatic rings. The maximum atomic E-state index is 13.7. The molecule has 1 heterocycles. The minimum absolute atomic E-state index is 0. The van der Waals surface area contributed by atoms with Crippen LogP contribution >= 0.6 is 22.9 Å². The van der Waals surface area contributed by atoms with Crippen LogP contribution in [0.4, 0.5) is 22.0 Å². The molecule has 0 amide bonds. The summed E-state index contributed by atoms with van der Waals surface area (Å²) in [4.78, 5) is 0. The molecule has 0 fully saturated rings. The summed E-state index contributed by atoms with van der Waals surface area (Å²) in [6.45, 7) is -1.60. The molecule has 31 heavy (non-hydrogen) atoms. The van der Waals surface area contributed by atoms with Crippen molar-refractivity contribution >= 4 is 43.4 Å². The predicted octanol–water partition coefficient (Wildman–Crippen LogP) is 0.154. The van der Waals surface area contributed by atoms with E-state index in [0.29, 0.717) is 11.3 Å². The smallest absolute Gasteiger partial charge is 0.726 e. The minimum atomic E-state index is -5.53. The number of halogens is 6. The molecule has 0 spiro atoms. The summed E-state index contributed by atoms with van der Waals surface area (Å²) in [5.74, 6) is -5.78. The predicted molar refractivity (Wildman–Crippen MR) is 94.2 cm³/mol. The molecule has 0 aliphatic heterocycles. The van der Waals surface area contributed by atoms with Crippen molar-refractivity contribution in [2.75, 3.05) is 6.61 Å². The molecule has 0 unspecified atom stereocenters. The van der Waals surface area contributed by atoms with Gasteiger partial charge >= 0.3 is 35.7 Å². The number of rotatable bonds is 8. The van der Waals surface area contributed by atoms with Crippen molar-refractivity contribution in [1.29, 1.82) is 0 Å². The van der Waals surface area contributed by atoms with Gasteiger partial charge in [-0.2, -0.15) is 13.2 Å². The first-order valence-electron chi connectivity index (χ1n) is 7.49. The molecule has 2 rings (SSSR count). The Hall–Kier alpha value is -0.360. The van der Waals surface area contributed by atoms with Crippen LogP contribution in [-0.4, -0.2) is 40.2 Å². The molecule has 0 radical (unpaired) electrons. The third-order valence-corrected chi connectivity index (χ3v) is 7.15. The summed E-state index contributed by atoms with van der Waals surface area (Å²) in [5.41, 5.74) is -1.07. The first-order chi connectivity index (χ1) is 13.6. The average Bonchev–Trinajstić information content (AvgIpc) is 2.97. The van der Waals surface area contributed by atoms with Gasteiger partial charge < -0.3 is 4.55 Å². The summed E-state index contributed by atoms with van der Waals surface area (Å²) < 4.78 is 130. The molecule has 1 N–H and O–H groups in total. The van der Waals surface area contributed by atoms with Crippen molar-refractivity contribution in [3.05, 3.63) is 51.9 Å². The van der Waals surface area contributed by atoms with Crippen molar-refractivity contribution < 1.29 is 77.1 Å². The van der Waals surface area contributed by atoms with Crippen LogP contribution in [0.25, 0.3) is 0 Å². The normalized spacial score (nSPS) is 14.7. The molecular weight excluding hydrogens is 528 g/mol. The van der Waals surface area contributed by atoms with Crippen LogP contribution in [0.15, 0.2) is 34.5 Å². The van der Waals surface area contributed by atoms with Gasteiger partial charge in [-0.05, 0) is 29.8 Å². The van der Waals surface area contributed by atoms with E-state index in [-0.39, 0.29) is 52.1 Å². The Morgan fingerprint density at radius 1 is 1.10 bits per heavy atom. The van der Waals surface area contributed by atoms with Crippen molar-refractivity contribution in [2.45, 2.75) is 22.3 Å². The van der Waals surface area contributed by atoms with Gasteiger partial charge in [-0.25, -0.2) is 30.3 Å². The van der Waals surface area contributed by atoms with Crippen molar-refractivity contribution in [3.63, 3.8) is 0 Å². The minimum Gasteiger partial charge on any atom is -0.726 e. The van der Waals surface area contributed by atoms with Crippen molar-refractivity contribution in [1.82, 2.24) is 4.72 Å². The number of sulfonamides is 1. The van der Waals surface area contributed by atoms with Crippen molar-refractivity contribution in [2.24, 2.45) is 0 Å². The number of nitrogens with one attached hydrogen (secondary N) is 1. The zero-order valence-electron chi connectivity index (χ0n) is 15.2. The van der Waals surface area contributed by atoms with E-state index in [1.54, 1.807) is 4.72 Å². The summed E-state index contributed by atoms with van der Waals surface area (Å²) in [7, 11) is -10.3. The van der Waals surface area contributed by atoms with Gasteiger partial charge in [0, 0.05) is 6.07 Å². The number of hydrogen-bond acceptors (Lipinski definition) is 7. The first kappa shape index (κ1) is 28.7. The Labute approximate surface area is 204 Å². The maximum Gasteiger partial charge on any atom is 1.00 e. The van der Waals surface area contributed by atoms with Gasteiger partial charge in [0.15, 0.2) is 0 Å². The molecular formula is C14H10ClF5NNaO6S3. The Bertz CT molecular complexity index is 1110. The molecule has 1 aromatic carbocycles. The second kappa shape index (κ2) is 10.7. The van der Waals surface area contributed by atoms with Gasteiger partial charge in [-0.1, -0.05) is 11.6 Å². The van der Waals surface area contributed by atoms with Crippen LogP contribution < -0.4 is 34.3 Å². The van der Waals surface area contributed by atoms with Crippen LogP contribution in [0, 0.1) is 11.6 Å². The second-order valence-electron chi connectivity index (χ2n) is 5.70. The fourth-order valence-electron chi connectivity index (χ4n) is 2.46. The summed E-state index contributed by atoms with van der Waals surface area (Å²) >= 11 is 6.08.